The predicted molar refractivity (Wildman–Crippen MR) is 172 cm³/mol. The number of rotatable bonds is 7. The lowest BCUT2D eigenvalue weighted by atomic mass is 10.1. The first kappa shape index (κ1) is 36.9. The molecule has 0 spiro atoms. The van der Waals surface area contributed by atoms with Crippen LogP contribution in [0.4, 0.5) is 34.0 Å². The first-order chi connectivity index (χ1) is 22.0. The molecule has 0 saturated heterocycles. The van der Waals surface area contributed by atoms with E-state index in [1.807, 2.05) is 5.32 Å². The number of alkyl halides is 3. The maximum Gasteiger partial charge on any atom is 0.471 e. The van der Waals surface area contributed by atoms with Crippen molar-refractivity contribution >= 4 is 68.2 Å². The Morgan fingerprint density at radius 2 is 1.67 bits per heavy atom. The molecule has 0 aliphatic heterocycles. The Labute approximate surface area is 286 Å². The number of amides is 2. The quantitative estimate of drug-likeness (QED) is 0.186. The molecule has 2 amide bonds. The number of nitrogens with zero attached hydrogens (tertiary/aromatic N) is 4. The summed E-state index contributed by atoms with van der Waals surface area (Å²) in [6, 6.07) is 5.32. The molecule has 0 fully saturated rings. The first-order valence-corrected chi connectivity index (χ1v) is 16.7. The minimum Gasteiger partial charge on any atom is -0.455 e. The van der Waals surface area contributed by atoms with Crippen molar-refractivity contribution in [2.45, 2.75) is 63.8 Å². The number of ether oxygens (including phenoxy) is 2. The monoisotopic (exact) mass is 751 g/mol. The SMILES string of the molecule is CC(C)(C)OC(=O)N(c1cscn1)S(=O)(=O)c1cc(Cl)c(Oc2ccc(Cl)cc2-c2cnn(C(C)(C)C)c2NC(=O)C(F)(F)F)cc1F. The second kappa shape index (κ2) is 13.2. The maximum atomic E-state index is 15.7. The third-order valence-corrected chi connectivity index (χ3v) is 8.83. The Balaban J connectivity index is 1.80. The number of sulfonamides is 1. The Kier molecular flexibility index (Phi) is 10.1. The number of carbonyl (C=O) groups is 2. The van der Waals surface area contributed by atoms with Crippen molar-refractivity contribution in [1.29, 1.82) is 0 Å². The van der Waals surface area contributed by atoms with Gasteiger partial charge in [-0.3, -0.25) is 4.79 Å². The van der Waals surface area contributed by atoms with Crippen molar-refractivity contribution < 1.29 is 45.0 Å². The molecule has 19 heteroatoms. The molecule has 2 aromatic carbocycles. The number of anilines is 2. The van der Waals surface area contributed by atoms with Crippen molar-refractivity contribution in [3.63, 3.8) is 0 Å². The molecule has 4 aromatic rings. The smallest absolute Gasteiger partial charge is 0.455 e. The van der Waals surface area contributed by atoms with Crippen LogP contribution in [-0.2, 0) is 25.1 Å². The Hall–Kier alpha value is -3.93. The number of hydrogen-bond acceptors (Lipinski definition) is 9. The van der Waals surface area contributed by atoms with E-state index in [-0.39, 0.29) is 37.8 Å². The number of halogens is 6. The van der Waals surface area contributed by atoms with Gasteiger partial charge in [-0.2, -0.15) is 18.3 Å². The molecular weight excluding hydrogens is 725 g/mol. The van der Waals surface area contributed by atoms with Gasteiger partial charge >= 0.3 is 18.2 Å². The largest absolute Gasteiger partial charge is 0.471 e. The molecule has 0 atom stereocenters. The molecule has 0 aliphatic carbocycles. The van der Waals surface area contributed by atoms with E-state index in [4.69, 9.17) is 32.7 Å². The summed E-state index contributed by atoms with van der Waals surface area (Å²) in [4.78, 5) is 27.8. The summed E-state index contributed by atoms with van der Waals surface area (Å²) >= 11 is 13.6. The Morgan fingerprint density at radius 3 is 2.23 bits per heavy atom. The Morgan fingerprint density at radius 1 is 1.00 bits per heavy atom. The van der Waals surface area contributed by atoms with Gasteiger partial charge in [-0.25, -0.2) is 27.3 Å². The van der Waals surface area contributed by atoms with Gasteiger partial charge in [0.05, 0.1) is 22.3 Å². The van der Waals surface area contributed by atoms with E-state index in [0.717, 1.165) is 16.0 Å². The fourth-order valence-electron chi connectivity index (χ4n) is 4.08. The van der Waals surface area contributed by atoms with Crippen molar-refractivity contribution in [2.24, 2.45) is 0 Å². The van der Waals surface area contributed by atoms with Gasteiger partial charge in [0.15, 0.2) is 5.82 Å². The van der Waals surface area contributed by atoms with Gasteiger partial charge in [0.25, 0.3) is 10.0 Å². The highest BCUT2D eigenvalue weighted by molar-refractivity contribution is 7.93. The molecule has 0 aliphatic rings. The number of hydrogen-bond donors (Lipinski definition) is 1. The maximum absolute atomic E-state index is 15.7. The molecule has 2 heterocycles. The molecule has 0 radical (unpaired) electrons. The highest BCUT2D eigenvalue weighted by atomic mass is 35.5. The molecule has 4 rings (SSSR count). The molecule has 11 nitrogen and oxygen atoms in total. The van der Waals surface area contributed by atoms with Crippen LogP contribution in [0, 0.1) is 5.82 Å². The average Bonchev–Trinajstić information content (AvgIpc) is 3.60. The van der Waals surface area contributed by atoms with Crippen LogP contribution < -0.4 is 14.4 Å². The number of nitrogens with one attached hydrogen (secondary N) is 1. The zero-order valence-electron chi connectivity index (χ0n) is 25.9. The van der Waals surface area contributed by atoms with E-state index in [1.165, 1.54) is 56.1 Å². The topological polar surface area (TPSA) is 133 Å². The van der Waals surface area contributed by atoms with Gasteiger partial charge in [0, 0.05) is 27.6 Å². The van der Waals surface area contributed by atoms with Crippen LogP contribution >= 0.6 is 34.5 Å². The summed E-state index contributed by atoms with van der Waals surface area (Å²) in [5.41, 5.74) is -0.803. The van der Waals surface area contributed by atoms with Gasteiger partial charge in [0.1, 0.15) is 33.6 Å². The summed E-state index contributed by atoms with van der Waals surface area (Å²) in [5, 5.41) is 6.92. The van der Waals surface area contributed by atoms with Crippen LogP contribution in [0.1, 0.15) is 41.5 Å². The number of thiazole rings is 1. The third-order valence-electron chi connectivity index (χ3n) is 6.04. The summed E-state index contributed by atoms with van der Waals surface area (Å²) in [6.07, 6.45) is -5.40. The van der Waals surface area contributed by atoms with Crippen molar-refractivity contribution in [3.05, 3.63) is 63.3 Å². The lowest BCUT2D eigenvalue weighted by molar-refractivity contribution is -0.167. The minimum absolute atomic E-state index is 0.0169. The molecule has 1 N–H and O–H groups in total. The fraction of sp³-hybridized carbons (Fsp3) is 0.310. The van der Waals surface area contributed by atoms with Crippen LogP contribution in [0.15, 0.2) is 52.3 Å². The summed E-state index contributed by atoms with van der Waals surface area (Å²) in [5.74, 6) is -4.89. The molecule has 0 unspecified atom stereocenters. The lowest BCUT2D eigenvalue weighted by Crippen LogP contribution is -2.41. The fourth-order valence-corrected chi connectivity index (χ4v) is 6.45. The molecule has 48 heavy (non-hydrogen) atoms. The van der Waals surface area contributed by atoms with Crippen LogP contribution in [-0.4, -0.2) is 47.0 Å². The average molecular weight is 753 g/mol. The zero-order valence-corrected chi connectivity index (χ0v) is 29.1. The predicted octanol–water partition coefficient (Wildman–Crippen LogP) is 8.63. The number of carbonyl (C=O) groups excluding carboxylic acids is 2. The normalized spacial score (nSPS) is 12.5. The third kappa shape index (κ3) is 8.02. The molecule has 0 saturated carbocycles. The van der Waals surface area contributed by atoms with E-state index < -0.39 is 60.8 Å². The van der Waals surface area contributed by atoms with E-state index in [0.29, 0.717) is 12.1 Å². The second-order valence-electron chi connectivity index (χ2n) is 12.0. The first-order valence-electron chi connectivity index (χ1n) is 13.6. The van der Waals surface area contributed by atoms with Crippen LogP contribution in [0.3, 0.4) is 0 Å². The van der Waals surface area contributed by atoms with Gasteiger partial charge in [-0.1, -0.05) is 23.2 Å². The van der Waals surface area contributed by atoms with Crippen molar-refractivity contribution in [1.82, 2.24) is 14.8 Å². The van der Waals surface area contributed by atoms with Gasteiger partial charge in [-0.05, 0) is 65.8 Å². The van der Waals surface area contributed by atoms with Crippen LogP contribution in [0.2, 0.25) is 10.0 Å². The van der Waals surface area contributed by atoms with Gasteiger partial charge < -0.3 is 14.8 Å². The number of benzene rings is 2. The molecular formula is C29H27Cl2F4N5O6S2. The van der Waals surface area contributed by atoms with Crippen molar-refractivity contribution in [3.8, 4) is 22.6 Å². The second-order valence-corrected chi connectivity index (χ2v) is 15.3. The summed E-state index contributed by atoms with van der Waals surface area (Å²) in [6.45, 7) is 9.43. The lowest BCUT2D eigenvalue weighted by Gasteiger charge is -2.26. The van der Waals surface area contributed by atoms with E-state index >= 15 is 4.39 Å². The van der Waals surface area contributed by atoms with E-state index in [2.05, 4.69) is 10.1 Å². The van der Waals surface area contributed by atoms with E-state index in [9.17, 15) is 31.2 Å². The highest BCUT2D eigenvalue weighted by Gasteiger charge is 2.41. The van der Waals surface area contributed by atoms with Gasteiger partial charge in [-0.15, -0.1) is 15.6 Å². The molecule has 258 valence electrons. The Bertz CT molecular complexity index is 1970. The molecule has 2 aromatic heterocycles. The zero-order chi connectivity index (χ0) is 36.0. The molecule has 0 bridgehead atoms. The number of aromatic nitrogens is 3. The van der Waals surface area contributed by atoms with Crippen LogP contribution in [0.25, 0.3) is 11.1 Å². The van der Waals surface area contributed by atoms with Crippen molar-refractivity contribution in [2.75, 3.05) is 9.62 Å². The standard InChI is InChI=1S/C29H27Cl2F4N5O6S2/c1-27(2,3)40-24(38-25(41)29(33,34)35)17(12-37-40)16-9-15(30)7-8-20(16)45-21-11-19(32)22(10-18(21)31)48(43,44)39(23-13-47-14-36-23)26(42)46-28(4,5)6/h7-14H,1-6H3,(H,38,41). The summed E-state index contributed by atoms with van der Waals surface area (Å²) in [7, 11) is -5.01. The van der Waals surface area contributed by atoms with Crippen LogP contribution in [0.5, 0.6) is 11.5 Å². The summed E-state index contributed by atoms with van der Waals surface area (Å²) < 4.78 is 95.2. The van der Waals surface area contributed by atoms with E-state index in [1.54, 1.807) is 20.8 Å². The van der Waals surface area contributed by atoms with Gasteiger partial charge in [0.2, 0.25) is 0 Å². The highest BCUT2D eigenvalue weighted by Crippen LogP contribution is 2.43. The minimum atomic E-state index is -5.23.